The van der Waals surface area contributed by atoms with Crippen LogP contribution in [0.15, 0.2) is 47.1 Å². The summed E-state index contributed by atoms with van der Waals surface area (Å²) in [6.45, 7) is 4.58. The van der Waals surface area contributed by atoms with E-state index in [-0.39, 0.29) is 17.6 Å². The zero-order valence-electron chi connectivity index (χ0n) is 14.3. The maximum Gasteiger partial charge on any atom is 0.287 e. The lowest BCUT2D eigenvalue weighted by atomic mass is 10.0. The number of carbonyl (C=O) groups is 2. The van der Waals surface area contributed by atoms with Crippen molar-refractivity contribution >= 4 is 17.5 Å². The number of anilines is 1. The smallest absolute Gasteiger partial charge is 0.287 e. The molecule has 0 aliphatic heterocycles. The molecule has 0 saturated heterocycles. The highest BCUT2D eigenvalue weighted by Gasteiger charge is 2.25. The van der Waals surface area contributed by atoms with E-state index in [9.17, 15) is 9.59 Å². The van der Waals surface area contributed by atoms with Gasteiger partial charge in [0.15, 0.2) is 5.76 Å². The van der Waals surface area contributed by atoms with Gasteiger partial charge in [-0.1, -0.05) is 13.8 Å². The molecule has 0 fully saturated rings. The van der Waals surface area contributed by atoms with Crippen molar-refractivity contribution in [3.8, 4) is 5.75 Å². The Bertz CT molecular complexity index is 681. The zero-order valence-corrected chi connectivity index (χ0v) is 14.3. The first-order chi connectivity index (χ1) is 12.0. The summed E-state index contributed by atoms with van der Waals surface area (Å²) < 4.78 is 10.4. The summed E-state index contributed by atoms with van der Waals surface area (Å²) in [6, 6.07) is 9.43. The van der Waals surface area contributed by atoms with Crippen LogP contribution in [0, 0.1) is 5.92 Å². The third kappa shape index (κ3) is 5.36. The summed E-state index contributed by atoms with van der Waals surface area (Å²) in [5.74, 6) is 0.0239. The topological polar surface area (TPSA) is 107 Å². The number of furan rings is 1. The maximum absolute atomic E-state index is 12.5. The van der Waals surface area contributed by atoms with E-state index in [2.05, 4.69) is 10.6 Å². The van der Waals surface area contributed by atoms with Crippen molar-refractivity contribution in [3.63, 3.8) is 0 Å². The van der Waals surface area contributed by atoms with Gasteiger partial charge in [-0.25, -0.2) is 0 Å². The Morgan fingerprint density at radius 3 is 2.48 bits per heavy atom. The summed E-state index contributed by atoms with van der Waals surface area (Å²) in [4.78, 5) is 24.6. The molecule has 7 nitrogen and oxygen atoms in total. The van der Waals surface area contributed by atoms with E-state index in [1.165, 1.54) is 6.26 Å². The van der Waals surface area contributed by atoms with Gasteiger partial charge in [0.2, 0.25) is 5.91 Å². The molecule has 4 N–H and O–H groups in total. The van der Waals surface area contributed by atoms with Crippen LogP contribution in [0.25, 0.3) is 0 Å². The monoisotopic (exact) mass is 345 g/mol. The Hall–Kier alpha value is -2.80. The maximum atomic E-state index is 12.5. The van der Waals surface area contributed by atoms with Crippen molar-refractivity contribution in [1.82, 2.24) is 5.32 Å². The Morgan fingerprint density at radius 2 is 1.92 bits per heavy atom. The van der Waals surface area contributed by atoms with E-state index in [0.717, 1.165) is 0 Å². The van der Waals surface area contributed by atoms with Crippen LogP contribution in [0.2, 0.25) is 0 Å². The van der Waals surface area contributed by atoms with Gasteiger partial charge in [-0.3, -0.25) is 9.59 Å². The first-order valence-corrected chi connectivity index (χ1v) is 8.09. The lowest BCUT2D eigenvalue weighted by Crippen LogP contribution is -2.47. The zero-order chi connectivity index (χ0) is 18.2. The fourth-order valence-corrected chi connectivity index (χ4v) is 2.19. The van der Waals surface area contributed by atoms with Crippen molar-refractivity contribution < 1.29 is 18.7 Å². The molecule has 0 aliphatic carbocycles. The van der Waals surface area contributed by atoms with Crippen molar-refractivity contribution in [3.05, 3.63) is 48.4 Å². The molecule has 0 saturated carbocycles. The third-order valence-corrected chi connectivity index (χ3v) is 3.49. The lowest BCUT2D eigenvalue weighted by Gasteiger charge is -2.21. The lowest BCUT2D eigenvalue weighted by molar-refractivity contribution is -0.118. The minimum atomic E-state index is -0.689. The van der Waals surface area contributed by atoms with E-state index in [1.807, 2.05) is 13.8 Å². The highest BCUT2D eigenvalue weighted by molar-refractivity contribution is 6.00. The van der Waals surface area contributed by atoms with E-state index < -0.39 is 11.9 Å². The van der Waals surface area contributed by atoms with Gasteiger partial charge in [0.1, 0.15) is 18.4 Å². The molecule has 134 valence electrons. The number of amides is 2. The highest BCUT2D eigenvalue weighted by atomic mass is 16.5. The molecule has 1 aromatic carbocycles. The van der Waals surface area contributed by atoms with Crippen LogP contribution in [-0.2, 0) is 4.79 Å². The van der Waals surface area contributed by atoms with E-state index in [4.69, 9.17) is 14.9 Å². The van der Waals surface area contributed by atoms with Crippen LogP contribution in [0.5, 0.6) is 5.75 Å². The minimum Gasteiger partial charge on any atom is -0.492 e. The fourth-order valence-electron chi connectivity index (χ4n) is 2.19. The van der Waals surface area contributed by atoms with E-state index in [1.54, 1.807) is 36.4 Å². The minimum absolute atomic E-state index is 0.0916. The van der Waals surface area contributed by atoms with Gasteiger partial charge in [-0.05, 0) is 42.3 Å². The molecule has 1 unspecified atom stereocenters. The van der Waals surface area contributed by atoms with Gasteiger partial charge in [-0.2, -0.15) is 0 Å². The van der Waals surface area contributed by atoms with Crippen LogP contribution in [0.3, 0.4) is 0 Å². The van der Waals surface area contributed by atoms with Crippen molar-refractivity contribution in [2.45, 2.75) is 19.9 Å². The number of nitrogens with two attached hydrogens (primary N) is 1. The van der Waals surface area contributed by atoms with Crippen molar-refractivity contribution in [2.75, 3.05) is 18.5 Å². The van der Waals surface area contributed by atoms with Gasteiger partial charge < -0.3 is 25.5 Å². The van der Waals surface area contributed by atoms with Crippen LogP contribution >= 0.6 is 0 Å². The van der Waals surface area contributed by atoms with Gasteiger partial charge in [0.25, 0.3) is 5.91 Å². The SMILES string of the molecule is CC(C)C(NC(=O)c1ccco1)C(=O)Nc1ccc(OCCN)cc1. The molecular formula is C18H23N3O4. The molecule has 0 aliphatic rings. The summed E-state index contributed by atoms with van der Waals surface area (Å²) in [7, 11) is 0. The Labute approximate surface area is 146 Å². The van der Waals surface area contributed by atoms with Crippen molar-refractivity contribution in [2.24, 2.45) is 11.7 Å². The number of hydrogen-bond acceptors (Lipinski definition) is 5. The highest BCUT2D eigenvalue weighted by Crippen LogP contribution is 2.16. The Balaban J connectivity index is 1.99. The molecule has 0 bridgehead atoms. The quantitative estimate of drug-likeness (QED) is 0.678. The number of rotatable bonds is 8. The number of hydrogen-bond donors (Lipinski definition) is 3. The van der Waals surface area contributed by atoms with Crippen LogP contribution < -0.4 is 21.1 Å². The number of nitrogens with one attached hydrogen (secondary N) is 2. The van der Waals surface area contributed by atoms with Gasteiger partial charge in [-0.15, -0.1) is 0 Å². The fraction of sp³-hybridized carbons (Fsp3) is 0.333. The van der Waals surface area contributed by atoms with Gasteiger partial charge in [0, 0.05) is 12.2 Å². The molecule has 1 atom stereocenters. The number of ether oxygens (including phenoxy) is 1. The molecule has 1 heterocycles. The molecule has 0 spiro atoms. The molecule has 2 amide bonds. The Morgan fingerprint density at radius 1 is 1.20 bits per heavy atom. The first-order valence-electron chi connectivity index (χ1n) is 8.09. The predicted molar refractivity (Wildman–Crippen MR) is 94.4 cm³/mol. The first kappa shape index (κ1) is 18.5. The van der Waals surface area contributed by atoms with E-state index in [0.29, 0.717) is 24.6 Å². The predicted octanol–water partition coefficient (Wildman–Crippen LogP) is 2.01. The van der Waals surface area contributed by atoms with Crippen LogP contribution in [0.4, 0.5) is 5.69 Å². The second kappa shape index (κ2) is 8.89. The number of benzene rings is 1. The largest absolute Gasteiger partial charge is 0.492 e. The summed E-state index contributed by atoms with van der Waals surface area (Å²) in [5.41, 5.74) is 6.00. The average molecular weight is 345 g/mol. The molecule has 1 aromatic heterocycles. The molecular weight excluding hydrogens is 322 g/mol. The third-order valence-electron chi connectivity index (χ3n) is 3.49. The van der Waals surface area contributed by atoms with Crippen LogP contribution in [-0.4, -0.2) is 31.0 Å². The second-order valence-electron chi connectivity index (χ2n) is 5.82. The Kier molecular flexibility index (Phi) is 6.59. The van der Waals surface area contributed by atoms with Gasteiger partial charge >= 0.3 is 0 Å². The molecule has 7 heteroatoms. The number of carbonyl (C=O) groups excluding carboxylic acids is 2. The summed E-state index contributed by atoms with van der Waals surface area (Å²) in [6.07, 6.45) is 1.41. The molecule has 25 heavy (non-hydrogen) atoms. The van der Waals surface area contributed by atoms with Crippen LogP contribution in [0.1, 0.15) is 24.4 Å². The standard InChI is InChI=1S/C18H23N3O4/c1-12(2)16(21-17(22)15-4-3-10-25-15)18(23)20-13-5-7-14(8-6-13)24-11-9-19/h3-8,10,12,16H,9,11,19H2,1-2H3,(H,20,23)(H,21,22). The summed E-state index contributed by atoms with van der Waals surface area (Å²) in [5, 5.41) is 5.49. The average Bonchev–Trinajstić information content (AvgIpc) is 3.13. The molecule has 2 rings (SSSR count). The molecule has 2 aromatic rings. The second-order valence-corrected chi connectivity index (χ2v) is 5.82. The van der Waals surface area contributed by atoms with E-state index >= 15 is 0 Å². The normalized spacial score (nSPS) is 11.8. The molecule has 0 radical (unpaired) electrons. The van der Waals surface area contributed by atoms with Gasteiger partial charge in [0.05, 0.1) is 6.26 Å². The van der Waals surface area contributed by atoms with Crippen molar-refractivity contribution in [1.29, 1.82) is 0 Å². The summed E-state index contributed by atoms with van der Waals surface area (Å²) >= 11 is 0.